The predicted octanol–water partition coefficient (Wildman–Crippen LogP) is 2.78. The summed E-state index contributed by atoms with van der Waals surface area (Å²) < 4.78 is 5.34. The van der Waals surface area contributed by atoms with E-state index >= 15 is 0 Å². The maximum atomic E-state index is 12.3. The number of nitriles is 1. The van der Waals surface area contributed by atoms with Gasteiger partial charge in [0, 0.05) is 37.1 Å². The minimum Gasteiger partial charge on any atom is -0.381 e. The molecule has 0 spiro atoms. The molecule has 1 aromatic heterocycles. The minimum absolute atomic E-state index is 0.106. The summed E-state index contributed by atoms with van der Waals surface area (Å²) in [7, 11) is 0. The zero-order valence-corrected chi connectivity index (χ0v) is 13.4. The van der Waals surface area contributed by atoms with Crippen LogP contribution in [0.2, 0.25) is 0 Å². The van der Waals surface area contributed by atoms with Gasteiger partial charge >= 0.3 is 0 Å². The molecule has 1 N–H and O–H groups in total. The van der Waals surface area contributed by atoms with Gasteiger partial charge in [0.05, 0.1) is 11.3 Å². The van der Waals surface area contributed by atoms with Gasteiger partial charge in [0.1, 0.15) is 6.07 Å². The fourth-order valence-corrected chi connectivity index (χ4v) is 2.84. The summed E-state index contributed by atoms with van der Waals surface area (Å²) in [6.07, 6.45) is 3.65. The number of nitrogens with one attached hydrogen (secondary N) is 1. The van der Waals surface area contributed by atoms with Crippen molar-refractivity contribution in [2.45, 2.75) is 12.8 Å². The number of hydrogen-bond acceptors (Lipinski definition) is 4. The first kappa shape index (κ1) is 16.2. The molecule has 2 aromatic rings. The summed E-state index contributed by atoms with van der Waals surface area (Å²) in [4.78, 5) is 16.6. The van der Waals surface area contributed by atoms with Crippen LogP contribution in [0.3, 0.4) is 0 Å². The number of amides is 1. The number of carbonyl (C=O) groups is 1. The number of pyridine rings is 1. The Morgan fingerprint density at radius 3 is 3.08 bits per heavy atom. The van der Waals surface area contributed by atoms with Gasteiger partial charge in [-0.1, -0.05) is 12.1 Å². The Morgan fingerprint density at radius 1 is 1.38 bits per heavy atom. The van der Waals surface area contributed by atoms with Crippen LogP contribution in [0.4, 0.5) is 0 Å². The van der Waals surface area contributed by atoms with Crippen LogP contribution < -0.4 is 5.32 Å². The molecule has 0 unspecified atom stereocenters. The Labute approximate surface area is 141 Å². The molecule has 5 heteroatoms. The van der Waals surface area contributed by atoms with E-state index in [1.54, 1.807) is 30.5 Å². The smallest absolute Gasteiger partial charge is 0.251 e. The lowest BCUT2D eigenvalue weighted by atomic mass is 10.0. The molecule has 1 aliphatic rings. The molecule has 1 aliphatic heterocycles. The average molecular weight is 321 g/mol. The average Bonchev–Trinajstić information content (AvgIpc) is 3.15. The van der Waals surface area contributed by atoms with Gasteiger partial charge < -0.3 is 10.1 Å². The van der Waals surface area contributed by atoms with Crippen LogP contribution in [-0.4, -0.2) is 30.6 Å². The Kier molecular flexibility index (Phi) is 5.19. The molecule has 5 nitrogen and oxygen atoms in total. The molecule has 3 rings (SSSR count). The number of carbonyl (C=O) groups excluding carboxylic acids is 1. The lowest BCUT2D eigenvalue weighted by Gasteiger charge is -2.10. The number of benzene rings is 1. The maximum absolute atomic E-state index is 12.3. The molecule has 24 heavy (non-hydrogen) atoms. The van der Waals surface area contributed by atoms with Gasteiger partial charge in [0.15, 0.2) is 0 Å². The van der Waals surface area contributed by atoms with E-state index in [1.807, 2.05) is 12.1 Å². The topological polar surface area (TPSA) is 75.0 Å². The van der Waals surface area contributed by atoms with Crippen LogP contribution in [0.1, 0.15) is 28.8 Å². The first-order valence-corrected chi connectivity index (χ1v) is 8.09. The van der Waals surface area contributed by atoms with E-state index in [9.17, 15) is 10.1 Å². The van der Waals surface area contributed by atoms with Crippen molar-refractivity contribution in [2.75, 3.05) is 19.8 Å². The largest absolute Gasteiger partial charge is 0.381 e. The van der Waals surface area contributed by atoms with Crippen molar-refractivity contribution in [2.24, 2.45) is 5.92 Å². The Morgan fingerprint density at radius 2 is 2.29 bits per heavy atom. The van der Waals surface area contributed by atoms with Crippen LogP contribution >= 0.6 is 0 Å². The van der Waals surface area contributed by atoms with E-state index in [0.29, 0.717) is 29.3 Å². The van der Waals surface area contributed by atoms with Crippen molar-refractivity contribution in [1.29, 1.82) is 5.26 Å². The maximum Gasteiger partial charge on any atom is 0.251 e. The van der Waals surface area contributed by atoms with Crippen molar-refractivity contribution >= 4 is 5.91 Å². The first-order chi connectivity index (χ1) is 11.8. The molecule has 1 amide bonds. The molecule has 0 bridgehead atoms. The standard InChI is InChI=1S/C19H19N3O2/c20-12-17-5-2-8-21-18(17)15-3-1-4-16(11-15)19(23)22-9-6-14-7-10-24-13-14/h1-5,8,11,14H,6-7,9-10,13H2,(H,22,23)/t14-/m0/s1. The Hall–Kier alpha value is -2.71. The first-order valence-electron chi connectivity index (χ1n) is 8.09. The number of rotatable bonds is 5. The van der Waals surface area contributed by atoms with Crippen molar-refractivity contribution in [3.05, 3.63) is 53.7 Å². The third-order valence-corrected chi connectivity index (χ3v) is 4.19. The predicted molar refractivity (Wildman–Crippen MR) is 90.3 cm³/mol. The van der Waals surface area contributed by atoms with Gasteiger partial charge in [-0.25, -0.2) is 0 Å². The van der Waals surface area contributed by atoms with Crippen LogP contribution in [0.5, 0.6) is 0 Å². The minimum atomic E-state index is -0.106. The van der Waals surface area contributed by atoms with E-state index < -0.39 is 0 Å². The molecule has 0 radical (unpaired) electrons. The van der Waals surface area contributed by atoms with E-state index in [-0.39, 0.29) is 5.91 Å². The van der Waals surface area contributed by atoms with Crippen molar-refractivity contribution in [1.82, 2.24) is 10.3 Å². The molecule has 0 saturated carbocycles. The van der Waals surface area contributed by atoms with Crippen molar-refractivity contribution < 1.29 is 9.53 Å². The van der Waals surface area contributed by atoms with Crippen LogP contribution in [0.25, 0.3) is 11.3 Å². The van der Waals surface area contributed by atoms with Crippen LogP contribution in [0.15, 0.2) is 42.6 Å². The van der Waals surface area contributed by atoms with Gasteiger partial charge in [-0.2, -0.15) is 5.26 Å². The number of hydrogen-bond donors (Lipinski definition) is 1. The number of ether oxygens (including phenoxy) is 1. The van der Waals surface area contributed by atoms with Gasteiger partial charge in [-0.3, -0.25) is 9.78 Å². The van der Waals surface area contributed by atoms with Gasteiger partial charge in [0.25, 0.3) is 5.91 Å². The highest BCUT2D eigenvalue weighted by atomic mass is 16.5. The lowest BCUT2D eigenvalue weighted by molar-refractivity contribution is 0.0950. The molecule has 1 saturated heterocycles. The number of nitrogens with zero attached hydrogens (tertiary/aromatic N) is 2. The van der Waals surface area contributed by atoms with Crippen LogP contribution in [-0.2, 0) is 4.74 Å². The normalized spacial score (nSPS) is 16.5. The quantitative estimate of drug-likeness (QED) is 0.919. The summed E-state index contributed by atoms with van der Waals surface area (Å²) in [5, 5.41) is 12.2. The highest BCUT2D eigenvalue weighted by Gasteiger charge is 2.16. The van der Waals surface area contributed by atoms with Crippen LogP contribution in [0, 0.1) is 17.2 Å². The zero-order valence-electron chi connectivity index (χ0n) is 13.4. The van der Waals surface area contributed by atoms with E-state index in [0.717, 1.165) is 31.6 Å². The highest BCUT2D eigenvalue weighted by molar-refractivity contribution is 5.95. The zero-order chi connectivity index (χ0) is 16.8. The monoisotopic (exact) mass is 321 g/mol. The third kappa shape index (κ3) is 3.79. The third-order valence-electron chi connectivity index (χ3n) is 4.19. The molecule has 1 aromatic carbocycles. The fourth-order valence-electron chi connectivity index (χ4n) is 2.84. The summed E-state index contributed by atoms with van der Waals surface area (Å²) in [5.74, 6) is 0.438. The molecule has 1 atom stereocenters. The van der Waals surface area contributed by atoms with E-state index in [2.05, 4.69) is 16.4 Å². The van der Waals surface area contributed by atoms with Gasteiger partial charge in [0.2, 0.25) is 0 Å². The second-order valence-electron chi connectivity index (χ2n) is 5.87. The SMILES string of the molecule is N#Cc1cccnc1-c1cccc(C(=O)NCC[C@H]2CCOC2)c1. The van der Waals surface area contributed by atoms with Crippen molar-refractivity contribution in [3.8, 4) is 17.3 Å². The van der Waals surface area contributed by atoms with Crippen molar-refractivity contribution in [3.63, 3.8) is 0 Å². The summed E-state index contributed by atoms with van der Waals surface area (Å²) in [5.41, 5.74) is 2.43. The van der Waals surface area contributed by atoms with E-state index in [1.165, 1.54) is 0 Å². The Bertz CT molecular complexity index is 761. The molecular weight excluding hydrogens is 302 g/mol. The molecule has 122 valence electrons. The lowest BCUT2D eigenvalue weighted by Crippen LogP contribution is -2.26. The Balaban J connectivity index is 1.68. The highest BCUT2D eigenvalue weighted by Crippen LogP contribution is 2.21. The molecular formula is C19H19N3O2. The second kappa shape index (κ2) is 7.71. The fraction of sp³-hybridized carbons (Fsp3) is 0.316. The van der Waals surface area contributed by atoms with Gasteiger partial charge in [-0.15, -0.1) is 0 Å². The second-order valence-corrected chi connectivity index (χ2v) is 5.87. The van der Waals surface area contributed by atoms with Gasteiger partial charge in [-0.05, 0) is 43.0 Å². The summed E-state index contributed by atoms with van der Waals surface area (Å²) in [6, 6.07) is 12.8. The molecule has 0 aliphatic carbocycles. The molecule has 1 fully saturated rings. The van der Waals surface area contributed by atoms with E-state index in [4.69, 9.17) is 4.74 Å². The summed E-state index contributed by atoms with van der Waals surface area (Å²) >= 11 is 0. The number of aromatic nitrogens is 1. The summed E-state index contributed by atoms with van der Waals surface area (Å²) in [6.45, 7) is 2.26. The molecule has 2 heterocycles.